The maximum atomic E-state index is 12.6. The fraction of sp³-hybridized carbons (Fsp3) is 0.333. The van der Waals surface area contributed by atoms with Crippen LogP contribution in [-0.4, -0.2) is 40.1 Å². The van der Waals surface area contributed by atoms with Crippen molar-refractivity contribution in [2.24, 2.45) is 0 Å². The van der Waals surface area contributed by atoms with Crippen LogP contribution in [0.1, 0.15) is 28.9 Å². The Morgan fingerprint density at radius 1 is 1.16 bits per heavy atom. The van der Waals surface area contributed by atoms with Crippen LogP contribution in [0.4, 0.5) is 13.2 Å². The summed E-state index contributed by atoms with van der Waals surface area (Å²) >= 11 is 0. The first-order valence-electron chi connectivity index (χ1n) is 7.95. The molecule has 4 nitrogen and oxygen atoms in total. The Morgan fingerprint density at radius 2 is 1.84 bits per heavy atom. The first-order chi connectivity index (χ1) is 11.9. The van der Waals surface area contributed by atoms with Gasteiger partial charge in [0.1, 0.15) is 5.69 Å². The van der Waals surface area contributed by atoms with Gasteiger partial charge in [0.15, 0.2) is 0 Å². The highest BCUT2D eigenvalue weighted by Gasteiger charge is 2.32. The predicted octanol–water partition coefficient (Wildman–Crippen LogP) is 3.36. The van der Waals surface area contributed by atoms with E-state index in [0.29, 0.717) is 23.2 Å². The number of hydrogen-bond donors (Lipinski definition) is 1. The molecule has 0 unspecified atom stereocenters. The molecule has 1 aliphatic heterocycles. The lowest BCUT2D eigenvalue weighted by atomic mass is 10.0. The number of likely N-dealkylation sites (tertiary alicyclic amines) is 1. The highest BCUT2D eigenvalue weighted by molar-refractivity contribution is 5.95. The number of aliphatic hydroxyl groups is 1. The molecule has 1 aromatic carbocycles. The molecule has 2 heterocycles. The third-order valence-corrected chi connectivity index (χ3v) is 4.37. The molecule has 132 valence electrons. The van der Waals surface area contributed by atoms with Crippen LogP contribution < -0.4 is 0 Å². The highest BCUT2D eigenvalue weighted by atomic mass is 19.4. The van der Waals surface area contributed by atoms with E-state index in [0.717, 1.165) is 18.9 Å². The summed E-state index contributed by atoms with van der Waals surface area (Å²) in [6, 6.07) is 8.79. The number of nitrogens with zero attached hydrogens (tertiary/aromatic N) is 2. The summed E-state index contributed by atoms with van der Waals surface area (Å²) in [7, 11) is 0. The topological polar surface area (TPSA) is 53.4 Å². The van der Waals surface area contributed by atoms with E-state index < -0.39 is 11.9 Å². The molecule has 0 spiro atoms. The van der Waals surface area contributed by atoms with Crippen molar-refractivity contribution in [3.8, 4) is 11.1 Å². The van der Waals surface area contributed by atoms with Crippen LogP contribution in [0.5, 0.6) is 0 Å². The van der Waals surface area contributed by atoms with Crippen molar-refractivity contribution in [3.05, 3.63) is 53.9 Å². The largest absolute Gasteiger partial charge is 0.433 e. The van der Waals surface area contributed by atoms with Crippen molar-refractivity contribution in [2.75, 3.05) is 13.2 Å². The molecule has 25 heavy (non-hydrogen) atoms. The smallest absolute Gasteiger partial charge is 0.394 e. The molecule has 0 aliphatic carbocycles. The number of amides is 1. The van der Waals surface area contributed by atoms with E-state index in [2.05, 4.69) is 4.98 Å². The summed E-state index contributed by atoms with van der Waals surface area (Å²) in [4.78, 5) is 17.6. The Labute approximate surface area is 142 Å². The van der Waals surface area contributed by atoms with Gasteiger partial charge in [-0.2, -0.15) is 13.2 Å². The van der Waals surface area contributed by atoms with E-state index in [1.165, 1.54) is 12.3 Å². The van der Waals surface area contributed by atoms with Gasteiger partial charge in [-0.25, -0.2) is 0 Å². The molecule has 1 amide bonds. The second-order valence-corrected chi connectivity index (χ2v) is 5.98. The Hall–Kier alpha value is -2.41. The number of carbonyl (C=O) groups is 1. The molecular weight excluding hydrogens is 333 g/mol. The van der Waals surface area contributed by atoms with Gasteiger partial charge in [0, 0.05) is 23.9 Å². The number of halogens is 3. The van der Waals surface area contributed by atoms with E-state index >= 15 is 0 Å². The van der Waals surface area contributed by atoms with Crippen LogP contribution in [0.3, 0.4) is 0 Å². The first-order valence-corrected chi connectivity index (χ1v) is 7.95. The van der Waals surface area contributed by atoms with Crippen LogP contribution in [0, 0.1) is 0 Å². The summed E-state index contributed by atoms with van der Waals surface area (Å²) in [5, 5.41) is 9.32. The Morgan fingerprint density at radius 3 is 2.40 bits per heavy atom. The maximum Gasteiger partial charge on any atom is 0.433 e. The monoisotopic (exact) mass is 350 g/mol. The Bertz CT molecular complexity index is 742. The molecule has 1 fully saturated rings. The second kappa shape index (κ2) is 6.84. The molecule has 0 radical (unpaired) electrons. The summed E-state index contributed by atoms with van der Waals surface area (Å²) in [5.74, 6) is -0.145. The molecule has 1 aromatic heterocycles. The van der Waals surface area contributed by atoms with Gasteiger partial charge < -0.3 is 10.0 Å². The predicted molar refractivity (Wildman–Crippen MR) is 85.8 cm³/mol. The van der Waals surface area contributed by atoms with E-state index in [1.807, 2.05) is 0 Å². The van der Waals surface area contributed by atoms with Gasteiger partial charge in [-0.05, 0) is 36.6 Å². The van der Waals surface area contributed by atoms with E-state index in [1.54, 1.807) is 29.2 Å². The van der Waals surface area contributed by atoms with Gasteiger partial charge in [-0.15, -0.1) is 0 Å². The Balaban J connectivity index is 1.77. The quantitative estimate of drug-likeness (QED) is 0.923. The SMILES string of the molecule is O=C(c1ccc(-c2ccc(C(F)(F)F)nc2)cc1)N1CCC[C@H]1CO. The molecule has 7 heteroatoms. The number of pyridine rings is 1. The third-order valence-electron chi connectivity index (χ3n) is 4.37. The van der Waals surface area contributed by atoms with E-state index in [9.17, 15) is 23.1 Å². The number of aromatic nitrogens is 1. The third kappa shape index (κ3) is 3.66. The van der Waals surface area contributed by atoms with Gasteiger partial charge in [-0.3, -0.25) is 9.78 Å². The fourth-order valence-electron chi connectivity index (χ4n) is 3.00. The molecule has 1 aliphatic rings. The Kier molecular flexibility index (Phi) is 4.76. The molecule has 0 bridgehead atoms. The number of carbonyl (C=O) groups excluding carboxylic acids is 1. The van der Waals surface area contributed by atoms with Crippen LogP contribution >= 0.6 is 0 Å². The van der Waals surface area contributed by atoms with Crippen LogP contribution in [0.2, 0.25) is 0 Å². The number of aliphatic hydroxyl groups excluding tert-OH is 1. The molecule has 1 N–H and O–H groups in total. The van der Waals surface area contributed by atoms with Crippen molar-refractivity contribution >= 4 is 5.91 Å². The van der Waals surface area contributed by atoms with E-state index in [-0.39, 0.29) is 18.6 Å². The zero-order valence-corrected chi connectivity index (χ0v) is 13.3. The van der Waals surface area contributed by atoms with Gasteiger partial charge >= 0.3 is 6.18 Å². The number of rotatable bonds is 3. The van der Waals surface area contributed by atoms with Crippen molar-refractivity contribution < 1.29 is 23.1 Å². The highest BCUT2D eigenvalue weighted by Crippen LogP contribution is 2.29. The fourth-order valence-corrected chi connectivity index (χ4v) is 3.00. The maximum absolute atomic E-state index is 12.6. The zero-order chi connectivity index (χ0) is 18.0. The molecule has 1 saturated heterocycles. The lowest BCUT2D eigenvalue weighted by Gasteiger charge is -2.23. The van der Waals surface area contributed by atoms with Crippen LogP contribution in [-0.2, 0) is 6.18 Å². The van der Waals surface area contributed by atoms with Crippen molar-refractivity contribution in [1.29, 1.82) is 0 Å². The summed E-state index contributed by atoms with van der Waals surface area (Å²) in [6.07, 6.45) is -1.64. The van der Waals surface area contributed by atoms with Crippen LogP contribution in [0.25, 0.3) is 11.1 Å². The minimum Gasteiger partial charge on any atom is -0.394 e. The van der Waals surface area contributed by atoms with Crippen LogP contribution in [0.15, 0.2) is 42.6 Å². The average Bonchev–Trinajstić information content (AvgIpc) is 3.09. The molecule has 2 aromatic rings. The summed E-state index contributed by atoms with van der Waals surface area (Å²) in [6.45, 7) is 0.565. The standard InChI is InChI=1S/C18H17F3N2O2/c19-18(20,21)16-8-7-14(10-22-16)12-3-5-13(6-4-12)17(25)23-9-1-2-15(23)11-24/h3-8,10,15,24H,1-2,9,11H2/t15-/m0/s1. The van der Waals surface area contributed by atoms with Gasteiger partial charge in [-0.1, -0.05) is 18.2 Å². The number of benzene rings is 1. The normalized spacial score (nSPS) is 17.8. The lowest BCUT2D eigenvalue weighted by Crippen LogP contribution is -2.37. The van der Waals surface area contributed by atoms with Gasteiger partial charge in [0.2, 0.25) is 0 Å². The lowest BCUT2D eigenvalue weighted by molar-refractivity contribution is -0.141. The first kappa shape index (κ1) is 17.4. The summed E-state index contributed by atoms with van der Waals surface area (Å²) < 4.78 is 37.7. The second-order valence-electron chi connectivity index (χ2n) is 5.98. The minimum atomic E-state index is -4.46. The van der Waals surface area contributed by atoms with Gasteiger partial charge in [0.05, 0.1) is 12.6 Å². The molecule has 1 atom stereocenters. The van der Waals surface area contributed by atoms with Crippen molar-refractivity contribution in [1.82, 2.24) is 9.88 Å². The minimum absolute atomic E-state index is 0.0545. The van der Waals surface area contributed by atoms with Crippen molar-refractivity contribution in [3.63, 3.8) is 0 Å². The summed E-state index contributed by atoms with van der Waals surface area (Å²) in [5.41, 5.74) is 0.774. The number of alkyl halides is 3. The van der Waals surface area contributed by atoms with Crippen molar-refractivity contribution in [2.45, 2.75) is 25.1 Å². The van der Waals surface area contributed by atoms with E-state index in [4.69, 9.17) is 0 Å². The number of hydrogen-bond acceptors (Lipinski definition) is 3. The van der Waals surface area contributed by atoms with Gasteiger partial charge in [0.25, 0.3) is 5.91 Å². The average molecular weight is 350 g/mol. The molecular formula is C18H17F3N2O2. The molecule has 0 saturated carbocycles. The molecule has 3 rings (SSSR count). The zero-order valence-electron chi connectivity index (χ0n) is 13.3.